The quantitative estimate of drug-likeness (QED) is 0.890. The summed E-state index contributed by atoms with van der Waals surface area (Å²) in [7, 11) is 0. The minimum Gasteiger partial charge on any atom is -0.365 e. The third kappa shape index (κ3) is 3.94. The van der Waals surface area contributed by atoms with E-state index in [4.69, 9.17) is 4.74 Å². The number of nitrogens with one attached hydrogen (secondary N) is 1. The molecule has 2 fully saturated rings. The molecule has 2 aliphatic rings. The number of hydrogen-bond donors (Lipinski definition) is 1. The number of aromatic nitrogens is 2. The summed E-state index contributed by atoms with van der Waals surface area (Å²) in [6.07, 6.45) is 9.41. The molecule has 1 amide bonds. The van der Waals surface area contributed by atoms with E-state index in [1.165, 1.54) is 25.7 Å². The predicted octanol–water partition coefficient (Wildman–Crippen LogP) is 1.38. The van der Waals surface area contributed by atoms with Crippen molar-refractivity contribution < 1.29 is 9.53 Å². The van der Waals surface area contributed by atoms with Crippen molar-refractivity contribution in [2.45, 2.75) is 38.2 Å². The molecule has 120 valence electrons. The van der Waals surface area contributed by atoms with Gasteiger partial charge in [-0.1, -0.05) is 25.7 Å². The lowest BCUT2D eigenvalue weighted by molar-refractivity contribution is -0.133. The van der Waals surface area contributed by atoms with Gasteiger partial charge >= 0.3 is 0 Å². The van der Waals surface area contributed by atoms with Crippen LogP contribution in [0.15, 0.2) is 18.5 Å². The molecule has 0 spiro atoms. The number of anilines is 1. The van der Waals surface area contributed by atoms with Gasteiger partial charge < -0.3 is 15.0 Å². The van der Waals surface area contributed by atoms with Crippen molar-refractivity contribution in [2.75, 3.05) is 31.1 Å². The fraction of sp³-hybridized carbons (Fsp3) is 0.688. The molecule has 1 saturated carbocycles. The predicted molar refractivity (Wildman–Crippen MR) is 83.6 cm³/mol. The first-order valence-corrected chi connectivity index (χ1v) is 8.24. The molecule has 1 aromatic rings. The molecule has 3 rings (SSSR count). The number of rotatable bonds is 5. The van der Waals surface area contributed by atoms with E-state index in [9.17, 15) is 4.79 Å². The maximum absolute atomic E-state index is 12.2. The Hall–Kier alpha value is -1.69. The summed E-state index contributed by atoms with van der Waals surface area (Å²) in [5.41, 5.74) is 0. The lowest BCUT2D eigenvalue weighted by atomic mass is 10.0. The summed E-state index contributed by atoms with van der Waals surface area (Å²) in [5, 5.41) is 3.02. The van der Waals surface area contributed by atoms with E-state index in [2.05, 4.69) is 15.3 Å². The van der Waals surface area contributed by atoms with E-state index in [-0.39, 0.29) is 5.91 Å². The van der Waals surface area contributed by atoms with Crippen LogP contribution in [0.2, 0.25) is 0 Å². The number of carbonyl (C=O) groups is 1. The van der Waals surface area contributed by atoms with Gasteiger partial charge in [-0.05, 0) is 18.4 Å². The highest BCUT2D eigenvalue weighted by molar-refractivity contribution is 5.81. The van der Waals surface area contributed by atoms with Crippen molar-refractivity contribution in [3.05, 3.63) is 18.5 Å². The lowest BCUT2D eigenvalue weighted by Crippen LogP contribution is -2.50. The van der Waals surface area contributed by atoms with Crippen LogP contribution in [0.3, 0.4) is 0 Å². The monoisotopic (exact) mass is 304 g/mol. The van der Waals surface area contributed by atoms with Crippen LogP contribution in [0.5, 0.6) is 0 Å². The zero-order valence-corrected chi connectivity index (χ0v) is 12.9. The third-order valence-corrected chi connectivity index (χ3v) is 4.52. The van der Waals surface area contributed by atoms with E-state index in [1.807, 2.05) is 4.90 Å². The van der Waals surface area contributed by atoms with Crippen molar-refractivity contribution in [1.82, 2.24) is 15.3 Å². The topological polar surface area (TPSA) is 67.4 Å². The van der Waals surface area contributed by atoms with Gasteiger partial charge in [0.25, 0.3) is 5.91 Å². The van der Waals surface area contributed by atoms with Crippen LogP contribution in [0.4, 0.5) is 5.95 Å². The van der Waals surface area contributed by atoms with Gasteiger partial charge in [-0.25, -0.2) is 9.97 Å². The van der Waals surface area contributed by atoms with Crippen molar-refractivity contribution >= 4 is 11.9 Å². The summed E-state index contributed by atoms with van der Waals surface area (Å²) >= 11 is 0. The normalized spacial score (nSPS) is 22.7. The Labute approximate surface area is 131 Å². The Morgan fingerprint density at radius 3 is 2.86 bits per heavy atom. The number of nitrogens with zero attached hydrogens (tertiary/aromatic N) is 3. The Morgan fingerprint density at radius 1 is 1.32 bits per heavy atom. The van der Waals surface area contributed by atoms with Gasteiger partial charge in [-0.3, -0.25) is 4.79 Å². The number of carbonyl (C=O) groups excluding carboxylic acids is 1. The summed E-state index contributed by atoms with van der Waals surface area (Å²) in [5.74, 6) is 1.44. The maximum Gasteiger partial charge on any atom is 0.250 e. The molecule has 0 unspecified atom stereocenters. The summed E-state index contributed by atoms with van der Waals surface area (Å²) in [6.45, 7) is 2.51. The maximum atomic E-state index is 12.2. The van der Waals surface area contributed by atoms with Gasteiger partial charge in [-0.15, -0.1) is 0 Å². The Balaban J connectivity index is 1.45. The SMILES string of the molecule is O=C(NCCC1CCCC1)[C@@H]1CN(c2ncccn2)CCO1. The molecule has 0 aromatic carbocycles. The molecule has 1 N–H and O–H groups in total. The molecule has 22 heavy (non-hydrogen) atoms. The third-order valence-electron chi connectivity index (χ3n) is 4.52. The van der Waals surface area contributed by atoms with Crippen LogP contribution < -0.4 is 10.2 Å². The van der Waals surface area contributed by atoms with E-state index < -0.39 is 6.10 Å². The number of amides is 1. The van der Waals surface area contributed by atoms with Crippen LogP contribution in [-0.4, -0.2) is 48.2 Å². The molecule has 0 radical (unpaired) electrons. The smallest absolute Gasteiger partial charge is 0.250 e. The van der Waals surface area contributed by atoms with Gasteiger partial charge in [0.15, 0.2) is 6.10 Å². The number of morpholine rings is 1. The van der Waals surface area contributed by atoms with Crippen LogP contribution in [0.1, 0.15) is 32.1 Å². The molecule has 1 atom stereocenters. The fourth-order valence-corrected chi connectivity index (χ4v) is 3.26. The van der Waals surface area contributed by atoms with E-state index in [0.717, 1.165) is 25.4 Å². The molecule has 1 saturated heterocycles. The second-order valence-corrected chi connectivity index (χ2v) is 6.08. The summed E-state index contributed by atoms with van der Waals surface area (Å²) in [6, 6.07) is 1.79. The highest BCUT2D eigenvalue weighted by Gasteiger charge is 2.27. The summed E-state index contributed by atoms with van der Waals surface area (Å²) < 4.78 is 5.60. The van der Waals surface area contributed by atoms with Gasteiger partial charge in [-0.2, -0.15) is 0 Å². The van der Waals surface area contributed by atoms with Crippen LogP contribution in [0, 0.1) is 5.92 Å². The van der Waals surface area contributed by atoms with Crippen molar-refractivity contribution in [3.8, 4) is 0 Å². The molecular formula is C16H24N4O2. The largest absolute Gasteiger partial charge is 0.365 e. The van der Waals surface area contributed by atoms with Gasteiger partial charge in [0, 0.05) is 25.5 Å². The van der Waals surface area contributed by atoms with Gasteiger partial charge in [0.2, 0.25) is 5.95 Å². The summed E-state index contributed by atoms with van der Waals surface area (Å²) in [4.78, 5) is 22.7. The Bertz CT molecular complexity index is 476. The highest BCUT2D eigenvalue weighted by Crippen LogP contribution is 2.26. The molecule has 6 nitrogen and oxygen atoms in total. The zero-order valence-electron chi connectivity index (χ0n) is 12.9. The molecule has 6 heteroatoms. The van der Waals surface area contributed by atoms with E-state index in [1.54, 1.807) is 18.5 Å². The van der Waals surface area contributed by atoms with E-state index >= 15 is 0 Å². The fourth-order valence-electron chi connectivity index (χ4n) is 3.26. The number of ether oxygens (including phenoxy) is 1. The Kier molecular flexibility index (Phi) is 5.21. The lowest BCUT2D eigenvalue weighted by Gasteiger charge is -2.32. The minimum absolute atomic E-state index is 0.0152. The molecule has 1 aromatic heterocycles. The highest BCUT2D eigenvalue weighted by atomic mass is 16.5. The zero-order chi connectivity index (χ0) is 15.2. The molecule has 1 aliphatic carbocycles. The van der Waals surface area contributed by atoms with Crippen molar-refractivity contribution in [1.29, 1.82) is 0 Å². The second kappa shape index (κ2) is 7.54. The molecule has 0 bridgehead atoms. The molecule has 1 aliphatic heterocycles. The first-order chi connectivity index (χ1) is 10.8. The molecular weight excluding hydrogens is 280 g/mol. The average Bonchev–Trinajstić information content (AvgIpc) is 3.09. The average molecular weight is 304 g/mol. The van der Waals surface area contributed by atoms with Crippen molar-refractivity contribution in [2.24, 2.45) is 5.92 Å². The van der Waals surface area contributed by atoms with Crippen LogP contribution >= 0.6 is 0 Å². The molecule has 2 heterocycles. The van der Waals surface area contributed by atoms with E-state index in [0.29, 0.717) is 19.1 Å². The van der Waals surface area contributed by atoms with Crippen molar-refractivity contribution in [3.63, 3.8) is 0 Å². The minimum atomic E-state index is -0.430. The van der Waals surface area contributed by atoms with Crippen LogP contribution in [0.25, 0.3) is 0 Å². The van der Waals surface area contributed by atoms with Gasteiger partial charge in [0.1, 0.15) is 0 Å². The van der Waals surface area contributed by atoms with Crippen LogP contribution in [-0.2, 0) is 9.53 Å². The van der Waals surface area contributed by atoms with Gasteiger partial charge in [0.05, 0.1) is 13.2 Å². The standard InChI is InChI=1S/C16H24N4O2/c21-15(17-9-6-13-4-1-2-5-13)14-12-20(10-11-22-14)16-18-7-3-8-19-16/h3,7-8,13-14H,1-2,4-6,9-12H2,(H,17,21)/t14-/m0/s1. The number of hydrogen-bond acceptors (Lipinski definition) is 5. The Morgan fingerprint density at radius 2 is 2.09 bits per heavy atom. The first kappa shape index (κ1) is 15.2. The second-order valence-electron chi connectivity index (χ2n) is 6.08. The first-order valence-electron chi connectivity index (χ1n) is 8.24.